The summed E-state index contributed by atoms with van der Waals surface area (Å²) in [5.74, 6) is 0.661. The number of hydrogen-bond acceptors (Lipinski definition) is 6. The molecule has 2 aliphatic rings. The first-order valence-corrected chi connectivity index (χ1v) is 10.3. The molecule has 0 saturated heterocycles. The molecule has 0 atom stereocenters. The van der Waals surface area contributed by atoms with E-state index < -0.39 is 11.7 Å². The molecule has 160 valence electrons. The first kappa shape index (κ1) is 18.7. The molecule has 9 nitrogen and oxygen atoms in total. The van der Waals surface area contributed by atoms with Crippen molar-refractivity contribution in [3.63, 3.8) is 0 Å². The molecule has 0 radical (unpaired) electrons. The van der Waals surface area contributed by atoms with Crippen LogP contribution in [0.25, 0.3) is 17.2 Å². The van der Waals surface area contributed by atoms with Gasteiger partial charge < -0.3 is 14.6 Å². The van der Waals surface area contributed by atoms with Gasteiger partial charge in [-0.05, 0) is 37.0 Å². The third kappa shape index (κ3) is 3.29. The standard InChI is InChI=1S/C22H18FN7O2/c23-16-7-19-18(30-11-24-8-14(30)10-32-19)6-15(16)22(31)27-20-3-1-2-17(26-20)21-28-25-12-29(21)9-13-4-5-13/h1-3,6-8,11-13H,4-5,9-10H2,(H,26,27,31). The van der Waals surface area contributed by atoms with Crippen LogP contribution in [-0.4, -0.2) is 35.2 Å². The molecule has 0 spiro atoms. The highest BCUT2D eigenvalue weighted by molar-refractivity contribution is 6.04. The van der Waals surface area contributed by atoms with Gasteiger partial charge >= 0.3 is 0 Å². The number of rotatable bonds is 5. The van der Waals surface area contributed by atoms with Crippen molar-refractivity contribution in [2.24, 2.45) is 5.92 Å². The SMILES string of the molecule is O=C(Nc1cccc(-c2nncn2CC2CC2)n1)c1cc2c(cc1F)OCc1cncn1-2. The topological polar surface area (TPSA) is 99.8 Å². The first-order chi connectivity index (χ1) is 15.7. The van der Waals surface area contributed by atoms with E-state index in [-0.39, 0.29) is 5.56 Å². The summed E-state index contributed by atoms with van der Waals surface area (Å²) in [4.78, 5) is 21.5. The molecule has 1 amide bonds. The molecule has 1 aromatic carbocycles. The summed E-state index contributed by atoms with van der Waals surface area (Å²) >= 11 is 0. The van der Waals surface area contributed by atoms with Gasteiger partial charge in [0.2, 0.25) is 0 Å². The molecule has 4 heterocycles. The third-order valence-electron chi connectivity index (χ3n) is 5.63. The van der Waals surface area contributed by atoms with Gasteiger partial charge in [-0.1, -0.05) is 6.07 Å². The molecule has 1 saturated carbocycles. The highest BCUT2D eigenvalue weighted by atomic mass is 19.1. The zero-order chi connectivity index (χ0) is 21.7. The van der Waals surface area contributed by atoms with Crippen LogP contribution in [0.5, 0.6) is 5.75 Å². The molecule has 1 aliphatic carbocycles. The lowest BCUT2D eigenvalue weighted by atomic mass is 10.1. The van der Waals surface area contributed by atoms with Crippen LogP contribution < -0.4 is 10.1 Å². The fraction of sp³-hybridized carbons (Fsp3) is 0.227. The second-order valence-electron chi connectivity index (χ2n) is 7.96. The van der Waals surface area contributed by atoms with Crippen LogP contribution in [0.3, 0.4) is 0 Å². The number of hydrogen-bond donors (Lipinski definition) is 1. The van der Waals surface area contributed by atoms with Crippen LogP contribution in [0.4, 0.5) is 10.2 Å². The Balaban J connectivity index is 1.28. The number of nitrogens with one attached hydrogen (secondary N) is 1. The van der Waals surface area contributed by atoms with E-state index in [0.717, 1.165) is 12.2 Å². The summed E-state index contributed by atoms with van der Waals surface area (Å²) in [6.07, 6.45) is 7.39. The van der Waals surface area contributed by atoms with Crippen molar-refractivity contribution < 1.29 is 13.9 Å². The second-order valence-corrected chi connectivity index (χ2v) is 7.96. The Bertz CT molecular complexity index is 1340. The smallest absolute Gasteiger partial charge is 0.259 e. The largest absolute Gasteiger partial charge is 0.485 e. The van der Waals surface area contributed by atoms with Gasteiger partial charge in [0.1, 0.15) is 36.0 Å². The summed E-state index contributed by atoms with van der Waals surface area (Å²) in [7, 11) is 0. The van der Waals surface area contributed by atoms with Crippen LogP contribution in [0.2, 0.25) is 0 Å². The van der Waals surface area contributed by atoms with Crippen LogP contribution in [-0.2, 0) is 13.2 Å². The summed E-state index contributed by atoms with van der Waals surface area (Å²) < 4.78 is 24.0. The number of pyridine rings is 1. The van der Waals surface area contributed by atoms with E-state index >= 15 is 0 Å². The zero-order valence-corrected chi connectivity index (χ0v) is 16.9. The number of aromatic nitrogens is 6. The summed E-state index contributed by atoms with van der Waals surface area (Å²) in [6, 6.07) is 7.90. The Morgan fingerprint density at radius 1 is 1.25 bits per heavy atom. The number of carbonyl (C=O) groups excluding carboxylic acids is 1. The van der Waals surface area contributed by atoms with E-state index in [1.54, 1.807) is 41.6 Å². The fourth-order valence-corrected chi connectivity index (χ4v) is 3.80. The Morgan fingerprint density at radius 3 is 3.03 bits per heavy atom. The van der Waals surface area contributed by atoms with Crippen molar-refractivity contribution in [2.45, 2.75) is 26.0 Å². The lowest BCUT2D eigenvalue weighted by molar-refractivity contribution is 0.102. The number of fused-ring (bicyclic) bond motifs is 3. The molecule has 1 aliphatic heterocycles. The van der Waals surface area contributed by atoms with Gasteiger partial charge in [0.05, 0.1) is 29.5 Å². The number of halogens is 1. The Hall–Kier alpha value is -4.08. The molecule has 1 fully saturated rings. The Morgan fingerprint density at radius 2 is 2.16 bits per heavy atom. The lowest BCUT2D eigenvalue weighted by Crippen LogP contribution is -2.18. The van der Waals surface area contributed by atoms with E-state index in [2.05, 4.69) is 25.5 Å². The summed E-state index contributed by atoms with van der Waals surface area (Å²) in [5, 5.41) is 10.9. The molecular formula is C22H18FN7O2. The predicted octanol–water partition coefficient (Wildman–Crippen LogP) is 3.22. The van der Waals surface area contributed by atoms with E-state index in [1.165, 1.54) is 25.0 Å². The van der Waals surface area contributed by atoms with Crippen molar-refractivity contribution in [1.82, 2.24) is 29.3 Å². The van der Waals surface area contributed by atoms with Crippen LogP contribution in [0.15, 0.2) is 49.2 Å². The van der Waals surface area contributed by atoms with Gasteiger partial charge in [-0.25, -0.2) is 14.4 Å². The average Bonchev–Trinajstić information content (AvgIpc) is 3.27. The summed E-state index contributed by atoms with van der Waals surface area (Å²) in [5.41, 5.74) is 1.85. The monoisotopic (exact) mass is 431 g/mol. The molecule has 32 heavy (non-hydrogen) atoms. The minimum Gasteiger partial charge on any atom is -0.485 e. The minimum atomic E-state index is -0.676. The molecule has 1 N–H and O–H groups in total. The molecule has 6 rings (SSSR count). The van der Waals surface area contributed by atoms with Gasteiger partial charge in [0.15, 0.2) is 5.82 Å². The van der Waals surface area contributed by atoms with Gasteiger partial charge in [-0.15, -0.1) is 10.2 Å². The number of amides is 1. The second kappa shape index (κ2) is 7.26. The lowest BCUT2D eigenvalue weighted by Gasteiger charge is -2.20. The van der Waals surface area contributed by atoms with Gasteiger partial charge in [0.25, 0.3) is 5.91 Å². The zero-order valence-electron chi connectivity index (χ0n) is 16.9. The van der Waals surface area contributed by atoms with Crippen LogP contribution in [0, 0.1) is 11.7 Å². The number of nitrogens with zero attached hydrogens (tertiary/aromatic N) is 6. The maximum atomic E-state index is 14.7. The van der Waals surface area contributed by atoms with Crippen LogP contribution >= 0.6 is 0 Å². The third-order valence-corrected chi connectivity index (χ3v) is 5.63. The Labute approximate surface area is 181 Å². The first-order valence-electron chi connectivity index (χ1n) is 10.3. The summed E-state index contributed by atoms with van der Waals surface area (Å²) in [6.45, 7) is 1.14. The number of benzene rings is 1. The van der Waals surface area contributed by atoms with Crippen molar-refractivity contribution in [1.29, 1.82) is 0 Å². The maximum Gasteiger partial charge on any atom is 0.259 e. The number of ether oxygens (including phenoxy) is 1. The van der Waals surface area contributed by atoms with E-state index in [1.807, 2.05) is 4.57 Å². The number of anilines is 1. The highest BCUT2D eigenvalue weighted by Crippen LogP contribution is 2.33. The molecule has 0 bridgehead atoms. The fourth-order valence-electron chi connectivity index (χ4n) is 3.80. The molecule has 3 aromatic heterocycles. The number of carbonyl (C=O) groups is 1. The number of imidazole rings is 1. The Kier molecular flexibility index (Phi) is 4.23. The molecule has 4 aromatic rings. The van der Waals surface area contributed by atoms with E-state index in [0.29, 0.717) is 41.3 Å². The van der Waals surface area contributed by atoms with Crippen molar-refractivity contribution in [3.8, 4) is 23.0 Å². The van der Waals surface area contributed by atoms with Crippen molar-refractivity contribution in [3.05, 3.63) is 66.3 Å². The quantitative estimate of drug-likeness (QED) is 0.521. The van der Waals surface area contributed by atoms with Crippen LogP contribution in [0.1, 0.15) is 28.9 Å². The normalized spacial score (nSPS) is 14.4. The van der Waals surface area contributed by atoms with E-state index in [9.17, 15) is 9.18 Å². The van der Waals surface area contributed by atoms with Gasteiger partial charge in [-0.3, -0.25) is 9.36 Å². The van der Waals surface area contributed by atoms with Crippen molar-refractivity contribution >= 4 is 11.7 Å². The predicted molar refractivity (Wildman–Crippen MR) is 112 cm³/mol. The highest BCUT2D eigenvalue weighted by Gasteiger charge is 2.24. The molecule has 10 heteroatoms. The van der Waals surface area contributed by atoms with E-state index in [4.69, 9.17) is 4.74 Å². The molecular weight excluding hydrogens is 413 g/mol. The van der Waals surface area contributed by atoms with Gasteiger partial charge in [-0.2, -0.15) is 0 Å². The van der Waals surface area contributed by atoms with Gasteiger partial charge in [0, 0.05) is 12.6 Å². The van der Waals surface area contributed by atoms with Crippen molar-refractivity contribution in [2.75, 3.05) is 5.32 Å². The minimum absolute atomic E-state index is 0.113. The molecule has 0 unspecified atom stereocenters. The maximum absolute atomic E-state index is 14.7. The average molecular weight is 431 g/mol.